The van der Waals surface area contributed by atoms with Gasteiger partial charge in [0.2, 0.25) is 0 Å². The van der Waals surface area contributed by atoms with Crippen molar-refractivity contribution in [2.24, 2.45) is 5.92 Å². The highest BCUT2D eigenvalue weighted by atomic mass is 15.5. The minimum absolute atomic E-state index is 0.721. The smallest absolute Gasteiger partial charge is 0.165 e. The number of hydrogen-bond acceptors (Lipinski definition) is 4. The molecule has 82 valence electrons. The third-order valence-electron chi connectivity index (χ3n) is 3.18. The average Bonchev–Trinajstić information content (AvgIpc) is 3.14. The zero-order chi connectivity index (χ0) is 10.1. The molecule has 1 N–H and O–H groups in total. The quantitative estimate of drug-likeness (QED) is 0.747. The van der Waals surface area contributed by atoms with Crippen LogP contribution in [0.5, 0.6) is 0 Å². The minimum atomic E-state index is 0.721. The summed E-state index contributed by atoms with van der Waals surface area (Å²) in [7, 11) is 0. The van der Waals surface area contributed by atoms with Crippen molar-refractivity contribution in [3.63, 3.8) is 0 Å². The number of hydrogen-bond donors (Lipinski definition) is 1. The van der Waals surface area contributed by atoms with E-state index in [2.05, 4.69) is 20.8 Å². The number of aryl methyl sites for hydroxylation is 1. The van der Waals surface area contributed by atoms with Gasteiger partial charge >= 0.3 is 0 Å². The summed E-state index contributed by atoms with van der Waals surface area (Å²) in [5, 5.41) is 15.3. The van der Waals surface area contributed by atoms with Crippen molar-refractivity contribution in [1.29, 1.82) is 0 Å². The fraction of sp³-hybridized carbons (Fsp3) is 0.900. The molecule has 2 saturated carbocycles. The zero-order valence-electron chi connectivity index (χ0n) is 8.89. The fourth-order valence-corrected chi connectivity index (χ4v) is 1.76. The molecule has 0 bridgehead atoms. The van der Waals surface area contributed by atoms with Crippen LogP contribution in [0.15, 0.2) is 0 Å². The Balaban J connectivity index is 1.52. The Morgan fingerprint density at radius 1 is 1.27 bits per heavy atom. The maximum absolute atomic E-state index is 4.05. The SMILES string of the molecule is C(NC1CC1)c1nnnn1CCC1CC1. The number of nitrogens with zero attached hydrogens (tertiary/aromatic N) is 4. The van der Waals surface area contributed by atoms with E-state index in [4.69, 9.17) is 0 Å². The van der Waals surface area contributed by atoms with Crippen molar-refractivity contribution in [3.8, 4) is 0 Å². The van der Waals surface area contributed by atoms with Crippen molar-refractivity contribution >= 4 is 0 Å². The van der Waals surface area contributed by atoms with E-state index in [1.54, 1.807) is 0 Å². The predicted molar refractivity (Wildman–Crippen MR) is 55.0 cm³/mol. The highest BCUT2D eigenvalue weighted by Gasteiger charge is 2.23. The molecule has 5 heteroatoms. The third kappa shape index (κ3) is 2.53. The average molecular weight is 207 g/mol. The molecule has 0 radical (unpaired) electrons. The molecule has 5 nitrogen and oxygen atoms in total. The molecule has 0 saturated heterocycles. The van der Waals surface area contributed by atoms with Crippen LogP contribution in [0.1, 0.15) is 37.9 Å². The summed E-state index contributed by atoms with van der Waals surface area (Å²) in [5.74, 6) is 1.93. The second-order valence-electron chi connectivity index (χ2n) is 4.71. The molecular formula is C10H17N5. The van der Waals surface area contributed by atoms with E-state index in [9.17, 15) is 0 Å². The standard InChI is InChI=1S/C10H17N5/c1-2-8(1)5-6-15-10(12-13-14-15)7-11-9-3-4-9/h8-9,11H,1-7H2. The Hall–Kier alpha value is -0.970. The maximum Gasteiger partial charge on any atom is 0.165 e. The van der Waals surface area contributed by atoms with Crippen molar-refractivity contribution in [2.45, 2.75) is 51.2 Å². The Morgan fingerprint density at radius 3 is 2.87 bits per heavy atom. The molecule has 2 fully saturated rings. The maximum atomic E-state index is 4.05. The van der Waals surface area contributed by atoms with Crippen LogP contribution in [0.4, 0.5) is 0 Å². The van der Waals surface area contributed by atoms with Crippen molar-refractivity contribution in [2.75, 3.05) is 0 Å². The highest BCUT2D eigenvalue weighted by molar-refractivity contribution is 4.87. The summed E-state index contributed by atoms with van der Waals surface area (Å²) < 4.78 is 1.95. The van der Waals surface area contributed by atoms with E-state index < -0.39 is 0 Å². The van der Waals surface area contributed by atoms with Gasteiger partial charge in [0.1, 0.15) is 0 Å². The Kier molecular flexibility index (Phi) is 2.40. The highest BCUT2D eigenvalue weighted by Crippen LogP contribution is 2.32. The van der Waals surface area contributed by atoms with Gasteiger partial charge < -0.3 is 5.32 Å². The number of tetrazole rings is 1. The summed E-state index contributed by atoms with van der Waals surface area (Å²) in [6, 6.07) is 0.721. The minimum Gasteiger partial charge on any atom is -0.307 e. The van der Waals surface area contributed by atoms with Gasteiger partial charge in [-0.25, -0.2) is 4.68 Å². The van der Waals surface area contributed by atoms with Crippen LogP contribution >= 0.6 is 0 Å². The predicted octanol–water partition coefficient (Wildman–Crippen LogP) is 0.725. The summed E-state index contributed by atoms with van der Waals surface area (Å²) in [6.45, 7) is 1.81. The van der Waals surface area contributed by atoms with Crippen molar-refractivity contribution in [1.82, 2.24) is 25.5 Å². The number of aromatic nitrogens is 4. The third-order valence-corrected chi connectivity index (χ3v) is 3.18. The first-order valence-electron chi connectivity index (χ1n) is 5.90. The van der Waals surface area contributed by atoms with Crippen LogP contribution in [0.25, 0.3) is 0 Å². The van der Waals surface area contributed by atoms with Crippen molar-refractivity contribution in [3.05, 3.63) is 5.82 Å². The number of nitrogens with one attached hydrogen (secondary N) is 1. The van der Waals surface area contributed by atoms with Crippen LogP contribution < -0.4 is 5.32 Å². The van der Waals surface area contributed by atoms with Crippen LogP contribution in [0.2, 0.25) is 0 Å². The first-order chi connectivity index (χ1) is 7.42. The second kappa shape index (κ2) is 3.89. The van der Waals surface area contributed by atoms with E-state index in [1.807, 2.05) is 4.68 Å². The molecule has 0 atom stereocenters. The Bertz CT molecular complexity index is 296. The van der Waals surface area contributed by atoms with Crippen LogP contribution in [0.3, 0.4) is 0 Å². The molecule has 0 spiro atoms. The first-order valence-corrected chi connectivity index (χ1v) is 5.90. The fourth-order valence-electron chi connectivity index (χ4n) is 1.76. The van der Waals surface area contributed by atoms with Crippen LogP contribution in [-0.2, 0) is 13.1 Å². The van der Waals surface area contributed by atoms with E-state index in [1.165, 1.54) is 32.1 Å². The van der Waals surface area contributed by atoms with Gasteiger partial charge in [-0.1, -0.05) is 12.8 Å². The Morgan fingerprint density at radius 2 is 2.13 bits per heavy atom. The monoisotopic (exact) mass is 207 g/mol. The molecule has 2 aliphatic carbocycles. The van der Waals surface area contributed by atoms with Gasteiger partial charge in [0.05, 0.1) is 6.54 Å². The lowest BCUT2D eigenvalue weighted by Crippen LogP contribution is -2.19. The summed E-state index contributed by atoms with van der Waals surface area (Å²) in [6.07, 6.45) is 6.66. The van der Waals surface area contributed by atoms with Gasteiger partial charge in [-0.05, 0) is 35.6 Å². The van der Waals surface area contributed by atoms with Crippen LogP contribution in [0, 0.1) is 5.92 Å². The van der Waals surface area contributed by atoms with Gasteiger partial charge in [0.15, 0.2) is 5.82 Å². The normalized spacial score (nSPS) is 20.8. The largest absolute Gasteiger partial charge is 0.307 e. The van der Waals surface area contributed by atoms with E-state index in [-0.39, 0.29) is 0 Å². The van der Waals surface area contributed by atoms with Crippen molar-refractivity contribution < 1.29 is 0 Å². The van der Waals surface area contributed by atoms with Gasteiger partial charge in [0, 0.05) is 12.6 Å². The lowest BCUT2D eigenvalue weighted by Gasteiger charge is -2.04. The molecule has 0 unspecified atom stereocenters. The molecule has 0 aromatic carbocycles. The number of rotatable bonds is 6. The zero-order valence-corrected chi connectivity index (χ0v) is 8.89. The summed E-state index contributed by atoms with van der Waals surface area (Å²) in [4.78, 5) is 0. The lowest BCUT2D eigenvalue weighted by molar-refractivity contribution is 0.500. The Labute approximate surface area is 89.2 Å². The van der Waals surface area contributed by atoms with E-state index in [0.717, 1.165) is 30.9 Å². The first kappa shape index (κ1) is 9.27. The molecule has 3 rings (SSSR count). The van der Waals surface area contributed by atoms with E-state index >= 15 is 0 Å². The molecule has 1 aromatic heterocycles. The summed E-state index contributed by atoms with van der Waals surface area (Å²) in [5.41, 5.74) is 0. The van der Waals surface area contributed by atoms with Gasteiger partial charge in [-0.2, -0.15) is 0 Å². The molecule has 1 heterocycles. The molecule has 2 aliphatic rings. The molecule has 0 aliphatic heterocycles. The molecular weight excluding hydrogens is 190 g/mol. The van der Waals surface area contributed by atoms with Gasteiger partial charge in [-0.15, -0.1) is 5.10 Å². The molecule has 15 heavy (non-hydrogen) atoms. The van der Waals surface area contributed by atoms with Gasteiger partial charge in [0.25, 0.3) is 0 Å². The van der Waals surface area contributed by atoms with Gasteiger partial charge in [-0.3, -0.25) is 0 Å². The van der Waals surface area contributed by atoms with Crippen LogP contribution in [-0.4, -0.2) is 26.2 Å². The summed E-state index contributed by atoms with van der Waals surface area (Å²) >= 11 is 0. The second-order valence-corrected chi connectivity index (χ2v) is 4.71. The van der Waals surface area contributed by atoms with E-state index in [0.29, 0.717) is 0 Å². The lowest BCUT2D eigenvalue weighted by atomic mass is 10.3. The molecule has 0 amide bonds. The molecule has 1 aromatic rings. The topological polar surface area (TPSA) is 55.6 Å².